The van der Waals surface area contributed by atoms with Crippen LogP contribution in [-0.4, -0.2) is 17.4 Å². The highest BCUT2D eigenvalue weighted by molar-refractivity contribution is 14.1. The Kier molecular flexibility index (Phi) is 2.80. The lowest BCUT2D eigenvalue weighted by molar-refractivity contribution is 0.0694. The largest absolute Gasteiger partial charge is 0.478 e. The quantitative estimate of drug-likeness (QED) is 0.662. The van der Waals surface area contributed by atoms with Crippen molar-refractivity contribution in [2.75, 3.05) is 0 Å². The molecule has 0 atom stereocenters. The molecule has 0 bridgehead atoms. The first kappa shape index (κ1) is 9.18. The van der Waals surface area contributed by atoms with Crippen LogP contribution in [0, 0.1) is 3.57 Å². The monoisotopic (exact) mass is 276 g/mol. The molecule has 0 amide bonds. The normalized spacial score (nSPS) is 9.42. The molecule has 0 aliphatic rings. The molecular weight excluding hydrogens is 271 g/mol. The number of hydrogen-bond acceptors (Lipinski definition) is 2. The Labute approximate surface area is 82.5 Å². The van der Waals surface area contributed by atoms with Crippen LogP contribution in [0.2, 0.25) is 0 Å². The number of carboxylic acids is 1. The van der Waals surface area contributed by atoms with E-state index >= 15 is 0 Å². The van der Waals surface area contributed by atoms with Gasteiger partial charge in [0.25, 0.3) is 0 Å². The first-order valence-corrected chi connectivity index (χ1v) is 4.21. The highest BCUT2D eigenvalue weighted by Crippen LogP contribution is 2.14. The van der Waals surface area contributed by atoms with E-state index in [2.05, 4.69) is 0 Å². The van der Waals surface area contributed by atoms with Crippen molar-refractivity contribution in [1.29, 1.82) is 0 Å². The summed E-state index contributed by atoms with van der Waals surface area (Å²) >= 11 is 1.92. The summed E-state index contributed by atoms with van der Waals surface area (Å²) in [6, 6.07) is 4.71. The summed E-state index contributed by atoms with van der Waals surface area (Å²) in [5.41, 5.74) is 0.294. The number of benzene rings is 1. The van der Waals surface area contributed by atoms with E-state index in [0.29, 0.717) is 9.86 Å². The number of halogens is 1. The summed E-state index contributed by atoms with van der Waals surface area (Å²) in [6.07, 6.45) is 0.561. The van der Waals surface area contributed by atoms with Crippen molar-refractivity contribution in [2.45, 2.75) is 0 Å². The predicted octanol–water partition coefficient (Wildman–Crippen LogP) is 1.80. The second kappa shape index (κ2) is 3.66. The van der Waals surface area contributed by atoms with E-state index in [4.69, 9.17) is 5.11 Å². The molecule has 0 aromatic heterocycles. The molecule has 0 aliphatic carbocycles. The van der Waals surface area contributed by atoms with Crippen LogP contribution in [-0.2, 0) is 0 Å². The van der Waals surface area contributed by atoms with Crippen LogP contribution in [0.4, 0.5) is 0 Å². The second-order valence-electron chi connectivity index (χ2n) is 2.12. The maximum atomic E-state index is 10.6. The van der Waals surface area contributed by atoms with Crippen molar-refractivity contribution >= 4 is 34.8 Å². The van der Waals surface area contributed by atoms with Crippen LogP contribution in [0.5, 0.6) is 0 Å². The molecule has 4 heteroatoms. The third-order valence-electron chi connectivity index (χ3n) is 1.40. The van der Waals surface area contributed by atoms with Crippen LogP contribution >= 0.6 is 22.6 Å². The molecular formula is C8H5IO3. The van der Waals surface area contributed by atoms with Crippen LogP contribution in [0.25, 0.3) is 0 Å². The lowest BCUT2D eigenvalue weighted by atomic mass is 10.1. The van der Waals surface area contributed by atoms with Gasteiger partial charge in [0.2, 0.25) is 0 Å². The number of hydrogen-bond donors (Lipinski definition) is 1. The minimum Gasteiger partial charge on any atom is -0.478 e. The maximum Gasteiger partial charge on any atom is 0.336 e. The van der Waals surface area contributed by atoms with Gasteiger partial charge >= 0.3 is 5.97 Å². The van der Waals surface area contributed by atoms with Gasteiger partial charge in [-0.3, -0.25) is 4.79 Å². The molecule has 0 saturated carbocycles. The second-order valence-corrected chi connectivity index (χ2v) is 3.29. The molecule has 0 radical (unpaired) electrons. The van der Waals surface area contributed by atoms with Gasteiger partial charge in [0.15, 0.2) is 6.29 Å². The van der Waals surface area contributed by atoms with Crippen molar-refractivity contribution in [3.05, 3.63) is 32.9 Å². The summed E-state index contributed by atoms with van der Waals surface area (Å²) in [5, 5.41) is 8.66. The van der Waals surface area contributed by atoms with Crippen molar-refractivity contribution in [3.8, 4) is 0 Å². The molecule has 1 aromatic rings. The Balaban J connectivity index is 3.37. The molecule has 0 aliphatic heterocycles. The minimum absolute atomic E-state index is 0.0527. The Morgan fingerprint density at radius 3 is 2.58 bits per heavy atom. The Hall–Kier alpha value is -0.910. The Bertz CT molecular complexity index is 333. The molecule has 12 heavy (non-hydrogen) atoms. The molecule has 0 spiro atoms. The zero-order valence-electron chi connectivity index (χ0n) is 5.95. The van der Waals surface area contributed by atoms with Gasteiger partial charge in [-0.25, -0.2) is 4.79 Å². The standard InChI is InChI=1S/C8H5IO3/c9-7-3-1-2-5(8(11)12)6(7)4-10/h1-4H,(H,11,12). The van der Waals surface area contributed by atoms with Gasteiger partial charge < -0.3 is 5.11 Å². The fraction of sp³-hybridized carbons (Fsp3) is 0. The van der Waals surface area contributed by atoms with E-state index in [0.717, 1.165) is 0 Å². The molecule has 62 valence electrons. The molecule has 1 aromatic carbocycles. The Morgan fingerprint density at radius 2 is 2.17 bits per heavy atom. The molecule has 0 fully saturated rings. The van der Waals surface area contributed by atoms with Crippen LogP contribution in [0.15, 0.2) is 18.2 Å². The first-order chi connectivity index (χ1) is 5.66. The highest BCUT2D eigenvalue weighted by atomic mass is 127. The van der Waals surface area contributed by atoms with Crippen molar-refractivity contribution in [2.24, 2.45) is 0 Å². The van der Waals surface area contributed by atoms with Gasteiger partial charge in [-0.15, -0.1) is 0 Å². The fourth-order valence-corrected chi connectivity index (χ4v) is 1.47. The lowest BCUT2D eigenvalue weighted by Gasteiger charge is -1.99. The third kappa shape index (κ3) is 1.63. The number of aromatic carboxylic acids is 1. The Morgan fingerprint density at radius 1 is 1.50 bits per heavy atom. The summed E-state index contributed by atoms with van der Waals surface area (Å²) in [6.45, 7) is 0. The van der Waals surface area contributed by atoms with Gasteiger partial charge in [-0.1, -0.05) is 6.07 Å². The van der Waals surface area contributed by atoms with Gasteiger partial charge in [0, 0.05) is 9.13 Å². The van der Waals surface area contributed by atoms with Crippen molar-refractivity contribution in [1.82, 2.24) is 0 Å². The molecule has 0 unspecified atom stereocenters. The van der Waals surface area contributed by atoms with Gasteiger partial charge in [-0.2, -0.15) is 0 Å². The van der Waals surface area contributed by atoms with E-state index in [1.54, 1.807) is 12.1 Å². The van der Waals surface area contributed by atoms with Crippen molar-refractivity contribution < 1.29 is 14.7 Å². The van der Waals surface area contributed by atoms with Crippen molar-refractivity contribution in [3.63, 3.8) is 0 Å². The van der Waals surface area contributed by atoms with Crippen LogP contribution in [0.1, 0.15) is 20.7 Å². The third-order valence-corrected chi connectivity index (χ3v) is 2.34. The zero-order valence-corrected chi connectivity index (χ0v) is 8.11. The summed E-state index contributed by atoms with van der Waals surface area (Å²) in [4.78, 5) is 21.1. The molecule has 3 nitrogen and oxygen atoms in total. The van der Waals surface area contributed by atoms with Crippen LogP contribution < -0.4 is 0 Å². The van der Waals surface area contributed by atoms with Gasteiger partial charge in [0.05, 0.1) is 5.56 Å². The summed E-state index contributed by atoms with van der Waals surface area (Å²) in [7, 11) is 0. The fourth-order valence-electron chi connectivity index (χ4n) is 0.843. The van der Waals surface area contributed by atoms with E-state index in [1.807, 2.05) is 22.6 Å². The SMILES string of the molecule is O=Cc1c(I)cccc1C(=O)O. The maximum absolute atomic E-state index is 10.6. The highest BCUT2D eigenvalue weighted by Gasteiger charge is 2.10. The lowest BCUT2D eigenvalue weighted by Crippen LogP contribution is -2.03. The average Bonchev–Trinajstić information content (AvgIpc) is 2.03. The number of aldehydes is 1. The molecule has 0 heterocycles. The molecule has 1 rings (SSSR count). The number of carbonyl (C=O) groups is 2. The van der Waals surface area contributed by atoms with E-state index in [-0.39, 0.29) is 11.1 Å². The molecule has 0 saturated heterocycles. The summed E-state index contributed by atoms with van der Waals surface area (Å²) in [5.74, 6) is -1.07. The van der Waals surface area contributed by atoms with E-state index < -0.39 is 5.97 Å². The van der Waals surface area contributed by atoms with E-state index in [9.17, 15) is 9.59 Å². The van der Waals surface area contributed by atoms with Gasteiger partial charge in [0.1, 0.15) is 0 Å². The number of rotatable bonds is 2. The van der Waals surface area contributed by atoms with Crippen LogP contribution in [0.3, 0.4) is 0 Å². The number of carbonyl (C=O) groups excluding carboxylic acids is 1. The summed E-state index contributed by atoms with van der Waals surface area (Å²) < 4.78 is 0.655. The topological polar surface area (TPSA) is 54.4 Å². The van der Waals surface area contributed by atoms with E-state index in [1.165, 1.54) is 6.07 Å². The number of carboxylic acid groups (broad SMARTS) is 1. The zero-order chi connectivity index (χ0) is 9.14. The molecule has 1 N–H and O–H groups in total. The minimum atomic E-state index is -1.07. The smallest absolute Gasteiger partial charge is 0.336 e. The predicted molar refractivity (Wildman–Crippen MR) is 51.5 cm³/mol. The first-order valence-electron chi connectivity index (χ1n) is 3.14. The van der Waals surface area contributed by atoms with Gasteiger partial charge in [-0.05, 0) is 34.7 Å². The average molecular weight is 276 g/mol.